The summed E-state index contributed by atoms with van der Waals surface area (Å²) in [6, 6.07) is 12.6. The first kappa shape index (κ1) is 12.1. The molecule has 0 saturated heterocycles. The Morgan fingerprint density at radius 2 is 1.74 bits per heavy atom. The minimum absolute atomic E-state index is 0.00421. The van der Waals surface area contributed by atoms with Crippen LogP contribution in [0.5, 0.6) is 0 Å². The van der Waals surface area contributed by atoms with Crippen LogP contribution >= 0.6 is 0 Å². The topological polar surface area (TPSA) is 33.3 Å². The van der Waals surface area contributed by atoms with E-state index >= 15 is 0 Å². The van der Waals surface area contributed by atoms with Crippen LogP contribution in [0, 0.1) is 0 Å². The highest BCUT2D eigenvalue weighted by molar-refractivity contribution is 6.74. The summed E-state index contributed by atoms with van der Waals surface area (Å²) in [6.45, 7) is 6.14. The van der Waals surface area contributed by atoms with Crippen molar-refractivity contribution in [2.45, 2.75) is 13.0 Å². The molecule has 3 nitrogen and oxygen atoms in total. The molecule has 96 valence electrons. The maximum atomic E-state index is 5.35. The lowest BCUT2D eigenvalue weighted by molar-refractivity contribution is 0.152. The van der Waals surface area contributed by atoms with Crippen molar-refractivity contribution in [3.63, 3.8) is 0 Å². The van der Waals surface area contributed by atoms with Crippen LogP contribution in [-0.2, 0) is 4.74 Å². The van der Waals surface area contributed by atoms with Crippen molar-refractivity contribution in [1.29, 1.82) is 0 Å². The van der Waals surface area contributed by atoms with Crippen LogP contribution in [0.15, 0.2) is 48.4 Å². The maximum absolute atomic E-state index is 5.35. The number of nitrogens with one attached hydrogen (secondary N) is 2. The van der Waals surface area contributed by atoms with Crippen LogP contribution in [0.25, 0.3) is 10.8 Å². The van der Waals surface area contributed by atoms with Gasteiger partial charge in [-0.05, 0) is 29.9 Å². The van der Waals surface area contributed by atoms with Gasteiger partial charge in [-0.3, -0.25) is 0 Å². The molecule has 0 amide bonds. The normalized spacial score (nSPS) is 14.7. The van der Waals surface area contributed by atoms with E-state index < -0.39 is 0 Å². The summed E-state index contributed by atoms with van der Waals surface area (Å²) in [6.07, 6.45) is 0.00876. The standard InChI is InChI=1S/C15H17BN2O/c1-10(11(2)19-3)16-17-13-8-4-6-12-7-5-9-14(18-16)15(12)13/h4-9,11,17-18H,1H2,2-3H3. The second-order valence-corrected chi connectivity index (χ2v) is 4.88. The molecule has 2 N–H and O–H groups in total. The first-order valence-electron chi connectivity index (χ1n) is 6.47. The predicted molar refractivity (Wildman–Crippen MR) is 82.6 cm³/mol. The molecule has 0 spiro atoms. The summed E-state index contributed by atoms with van der Waals surface area (Å²) in [5.74, 6) is 0. The van der Waals surface area contributed by atoms with E-state index in [1.165, 1.54) is 10.8 Å². The Hall–Kier alpha value is -1.94. The van der Waals surface area contributed by atoms with Crippen molar-refractivity contribution in [2.75, 3.05) is 17.6 Å². The first-order valence-corrected chi connectivity index (χ1v) is 6.47. The third-order valence-corrected chi connectivity index (χ3v) is 3.75. The molecule has 1 unspecified atom stereocenters. The molecule has 0 aliphatic carbocycles. The summed E-state index contributed by atoms with van der Waals surface area (Å²) < 4.78 is 5.35. The van der Waals surface area contributed by atoms with Crippen molar-refractivity contribution in [2.24, 2.45) is 0 Å². The van der Waals surface area contributed by atoms with E-state index in [1.807, 2.05) is 6.92 Å². The lowest BCUT2D eigenvalue weighted by atomic mass is 9.64. The van der Waals surface area contributed by atoms with Gasteiger partial charge >= 0.3 is 6.98 Å². The average Bonchev–Trinajstić information content (AvgIpc) is 2.46. The molecular weight excluding hydrogens is 235 g/mol. The van der Waals surface area contributed by atoms with Gasteiger partial charge in [0.25, 0.3) is 0 Å². The summed E-state index contributed by atoms with van der Waals surface area (Å²) >= 11 is 0. The Kier molecular flexibility index (Phi) is 2.95. The van der Waals surface area contributed by atoms with Crippen molar-refractivity contribution < 1.29 is 4.74 Å². The number of methoxy groups -OCH3 is 1. The van der Waals surface area contributed by atoms with Gasteiger partial charge in [0.15, 0.2) is 0 Å². The zero-order valence-corrected chi connectivity index (χ0v) is 11.2. The summed E-state index contributed by atoms with van der Waals surface area (Å²) in [5.41, 5.74) is 3.27. The van der Waals surface area contributed by atoms with Crippen molar-refractivity contribution in [3.05, 3.63) is 48.4 Å². The van der Waals surface area contributed by atoms with Crippen LogP contribution in [0.3, 0.4) is 0 Å². The number of ether oxygens (including phenoxy) is 1. The largest absolute Gasteiger partial charge is 0.405 e. The fraction of sp³-hybridized carbons (Fsp3) is 0.200. The zero-order chi connectivity index (χ0) is 13.4. The zero-order valence-electron chi connectivity index (χ0n) is 11.2. The molecule has 1 heterocycles. The monoisotopic (exact) mass is 252 g/mol. The minimum atomic E-state index is -0.00421. The number of hydrogen-bond donors (Lipinski definition) is 2. The predicted octanol–water partition coefficient (Wildman–Crippen LogP) is 3.30. The van der Waals surface area contributed by atoms with Crippen molar-refractivity contribution in [1.82, 2.24) is 0 Å². The fourth-order valence-corrected chi connectivity index (χ4v) is 2.50. The highest BCUT2D eigenvalue weighted by atomic mass is 16.5. The van der Waals surface area contributed by atoms with Crippen molar-refractivity contribution in [3.8, 4) is 0 Å². The summed E-state index contributed by atoms with van der Waals surface area (Å²) in [5, 5.41) is 9.44. The highest BCUT2D eigenvalue weighted by Gasteiger charge is 2.28. The lowest BCUT2D eigenvalue weighted by Gasteiger charge is -2.29. The molecule has 19 heavy (non-hydrogen) atoms. The number of benzene rings is 2. The number of rotatable bonds is 3. The van der Waals surface area contributed by atoms with Gasteiger partial charge in [0.2, 0.25) is 0 Å². The molecule has 0 bridgehead atoms. The van der Waals surface area contributed by atoms with Gasteiger partial charge in [-0.1, -0.05) is 24.3 Å². The molecule has 4 heteroatoms. The molecule has 0 fully saturated rings. The van der Waals surface area contributed by atoms with Gasteiger partial charge < -0.3 is 15.2 Å². The third-order valence-electron chi connectivity index (χ3n) is 3.75. The van der Waals surface area contributed by atoms with E-state index in [0.29, 0.717) is 0 Å². The summed E-state index contributed by atoms with van der Waals surface area (Å²) in [7, 11) is 1.70. The van der Waals surface area contributed by atoms with Gasteiger partial charge in [0, 0.05) is 23.9 Å². The molecule has 0 aromatic heterocycles. The van der Waals surface area contributed by atoms with E-state index in [2.05, 4.69) is 53.4 Å². The van der Waals surface area contributed by atoms with E-state index in [-0.39, 0.29) is 13.1 Å². The number of anilines is 2. The Morgan fingerprint density at radius 3 is 2.26 bits per heavy atom. The van der Waals surface area contributed by atoms with Crippen LogP contribution in [-0.4, -0.2) is 20.2 Å². The third kappa shape index (κ3) is 1.98. The van der Waals surface area contributed by atoms with E-state index in [4.69, 9.17) is 4.74 Å². The molecular formula is C15H17BN2O. The molecule has 2 aromatic rings. The van der Waals surface area contributed by atoms with E-state index in [1.54, 1.807) is 7.11 Å². The van der Waals surface area contributed by atoms with Crippen LogP contribution in [0.1, 0.15) is 6.92 Å². The quantitative estimate of drug-likeness (QED) is 0.822. The van der Waals surface area contributed by atoms with Crippen LogP contribution in [0.4, 0.5) is 11.4 Å². The fourth-order valence-electron chi connectivity index (χ4n) is 2.50. The maximum Gasteiger partial charge on any atom is 0.403 e. The number of hydrogen-bond acceptors (Lipinski definition) is 3. The van der Waals surface area contributed by atoms with E-state index in [0.717, 1.165) is 16.8 Å². The Bertz CT molecular complexity index is 600. The van der Waals surface area contributed by atoms with Gasteiger partial charge in [0.1, 0.15) is 0 Å². The molecule has 0 radical (unpaired) electrons. The van der Waals surface area contributed by atoms with Gasteiger partial charge in [-0.15, -0.1) is 6.58 Å². The Balaban J connectivity index is 2.01. The second-order valence-electron chi connectivity index (χ2n) is 4.88. The molecule has 1 aliphatic heterocycles. The first-order chi connectivity index (χ1) is 9.20. The van der Waals surface area contributed by atoms with Gasteiger partial charge in [0.05, 0.1) is 6.10 Å². The lowest BCUT2D eigenvalue weighted by Crippen LogP contribution is -2.42. The van der Waals surface area contributed by atoms with Gasteiger partial charge in [-0.25, -0.2) is 0 Å². The highest BCUT2D eigenvalue weighted by Crippen LogP contribution is 2.34. The minimum Gasteiger partial charge on any atom is -0.405 e. The smallest absolute Gasteiger partial charge is 0.403 e. The van der Waals surface area contributed by atoms with Crippen LogP contribution in [0.2, 0.25) is 0 Å². The van der Waals surface area contributed by atoms with Gasteiger partial charge in [-0.2, -0.15) is 0 Å². The molecule has 2 aromatic carbocycles. The molecule has 1 aliphatic rings. The second kappa shape index (κ2) is 4.63. The summed E-state index contributed by atoms with van der Waals surface area (Å²) in [4.78, 5) is 0. The van der Waals surface area contributed by atoms with E-state index in [9.17, 15) is 0 Å². The molecule has 3 rings (SSSR count). The molecule has 0 saturated carbocycles. The van der Waals surface area contributed by atoms with Crippen molar-refractivity contribution >= 4 is 29.1 Å². The molecule has 1 atom stereocenters. The average molecular weight is 252 g/mol. The Morgan fingerprint density at radius 1 is 1.16 bits per heavy atom. The SMILES string of the molecule is C=C(B1Nc2cccc3cccc(c23)N1)C(C)OC. The Labute approximate surface area is 113 Å². The van der Waals surface area contributed by atoms with Crippen LogP contribution < -0.4 is 10.5 Å².